The molecule has 200 valence electrons. The van der Waals surface area contributed by atoms with Crippen molar-refractivity contribution in [1.29, 1.82) is 0 Å². The van der Waals surface area contributed by atoms with Gasteiger partial charge in [0.2, 0.25) is 0 Å². The van der Waals surface area contributed by atoms with Gasteiger partial charge in [0.15, 0.2) is 0 Å². The van der Waals surface area contributed by atoms with E-state index in [4.69, 9.17) is 4.74 Å². The molecule has 4 aromatic rings. The van der Waals surface area contributed by atoms with E-state index in [0.29, 0.717) is 28.2 Å². The van der Waals surface area contributed by atoms with Gasteiger partial charge in [-0.3, -0.25) is 9.78 Å². The van der Waals surface area contributed by atoms with E-state index in [2.05, 4.69) is 16.9 Å². The predicted octanol–water partition coefficient (Wildman–Crippen LogP) is 7.39. The zero-order valence-corrected chi connectivity index (χ0v) is 22.0. The van der Waals surface area contributed by atoms with Crippen molar-refractivity contribution in [3.8, 4) is 22.8 Å². The van der Waals surface area contributed by atoms with Crippen LogP contribution in [0.4, 0.5) is 8.78 Å². The topological polar surface area (TPSA) is 54.5 Å². The number of aromatic nitrogens is 1. The monoisotopic (exact) mass is 527 g/mol. The smallest absolute Gasteiger partial charge is 0.251 e. The Morgan fingerprint density at radius 3 is 2.44 bits per heavy atom. The number of carbonyl (C=O) groups is 1. The lowest BCUT2D eigenvalue weighted by molar-refractivity contribution is 0.0949. The number of nitrogens with one attached hydrogen (secondary N) is 1. The number of allylic oxidation sites excluding steroid dienone is 2. The number of carbonyl (C=O) groups excluding carboxylic acids is 1. The van der Waals surface area contributed by atoms with Gasteiger partial charge in [0, 0.05) is 62.8 Å². The lowest BCUT2D eigenvalue weighted by atomic mass is 10.1. The highest BCUT2D eigenvalue weighted by molar-refractivity contribution is 5.96. The minimum atomic E-state index is -0.693. The molecule has 7 heteroatoms. The molecule has 1 heterocycles. The van der Waals surface area contributed by atoms with Crippen LogP contribution in [-0.2, 0) is 6.54 Å². The summed E-state index contributed by atoms with van der Waals surface area (Å²) in [6.07, 6.45) is 5.39. The van der Waals surface area contributed by atoms with Crippen LogP contribution in [0.5, 0.6) is 11.5 Å². The second-order valence-corrected chi connectivity index (χ2v) is 9.13. The average Bonchev–Trinajstić information content (AvgIpc) is 2.91. The summed E-state index contributed by atoms with van der Waals surface area (Å²) in [6, 6.07) is 20.0. The maximum absolute atomic E-state index is 13.5. The molecule has 0 saturated carbocycles. The Labute approximate surface area is 228 Å². The van der Waals surface area contributed by atoms with E-state index < -0.39 is 11.6 Å². The number of ether oxygens (including phenoxy) is 1. The number of nitrogens with zero attached hydrogens (tertiary/aromatic N) is 2. The predicted molar refractivity (Wildman–Crippen MR) is 152 cm³/mol. The van der Waals surface area contributed by atoms with Gasteiger partial charge in [-0.1, -0.05) is 43.0 Å². The van der Waals surface area contributed by atoms with Gasteiger partial charge in [0.1, 0.15) is 23.1 Å². The van der Waals surface area contributed by atoms with Crippen molar-refractivity contribution in [1.82, 2.24) is 15.2 Å². The second kappa shape index (κ2) is 12.2. The van der Waals surface area contributed by atoms with Gasteiger partial charge in [0.05, 0.1) is 5.69 Å². The maximum atomic E-state index is 13.5. The molecule has 0 aliphatic rings. The number of rotatable bonds is 9. The average molecular weight is 528 g/mol. The normalized spacial score (nSPS) is 11.2. The molecule has 1 N–H and O–H groups in total. The summed E-state index contributed by atoms with van der Waals surface area (Å²) in [7, 11) is 3.97. The molecule has 0 saturated heterocycles. The van der Waals surface area contributed by atoms with Crippen LogP contribution in [0.2, 0.25) is 0 Å². The Kier molecular flexibility index (Phi) is 8.51. The molecule has 39 heavy (non-hydrogen) atoms. The Morgan fingerprint density at radius 2 is 1.77 bits per heavy atom. The number of hydrogen-bond donors (Lipinski definition) is 1. The van der Waals surface area contributed by atoms with Gasteiger partial charge >= 0.3 is 0 Å². The molecule has 4 rings (SSSR count). The molecule has 0 aliphatic heterocycles. The number of benzene rings is 3. The van der Waals surface area contributed by atoms with E-state index >= 15 is 0 Å². The highest BCUT2D eigenvalue weighted by Crippen LogP contribution is 2.30. The van der Waals surface area contributed by atoms with E-state index in [0.717, 1.165) is 28.6 Å². The third-order valence-electron chi connectivity index (χ3n) is 6.10. The Balaban J connectivity index is 0.00000441. The summed E-state index contributed by atoms with van der Waals surface area (Å²) >= 11 is 0. The molecular weight excluding hydrogens is 496 g/mol. The number of amides is 1. The van der Waals surface area contributed by atoms with Gasteiger partial charge in [-0.15, -0.1) is 0 Å². The fourth-order valence-corrected chi connectivity index (χ4v) is 4.15. The number of halogens is 2. The molecular formula is C32H31F2N3O2. The van der Waals surface area contributed by atoms with Crippen LogP contribution >= 0.6 is 0 Å². The molecule has 1 amide bonds. The van der Waals surface area contributed by atoms with Gasteiger partial charge in [-0.05, 0) is 54.5 Å². The molecule has 0 atom stereocenters. The van der Waals surface area contributed by atoms with Crippen LogP contribution in [0.3, 0.4) is 0 Å². The molecule has 1 aromatic heterocycles. The SMILES string of the molecule is C=C/C=C(/c1ccc(-c2cc(Oc3cccc(C(=O)NCc4cc(F)cc(F)c4)c3C)ccn2)cc1)N(C)C.[HH]. The molecule has 0 unspecified atom stereocenters. The minimum Gasteiger partial charge on any atom is -0.457 e. The molecule has 3 aromatic carbocycles. The third-order valence-corrected chi connectivity index (χ3v) is 6.10. The van der Waals surface area contributed by atoms with Crippen LogP contribution in [-0.4, -0.2) is 29.9 Å². The first-order chi connectivity index (χ1) is 18.7. The quantitative estimate of drug-likeness (QED) is 0.231. The summed E-state index contributed by atoms with van der Waals surface area (Å²) in [5.41, 5.74) is 5.14. The first-order valence-corrected chi connectivity index (χ1v) is 12.3. The molecule has 0 fully saturated rings. The number of pyridine rings is 1. The van der Waals surface area contributed by atoms with Crippen molar-refractivity contribution in [2.45, 2.75) is 13.5 Å². The van der Waals surface area contributed by atoms with Gasteiger partial charge < -0.3 is 15.0 Å². The lowest BCUT2D eigenvalue weighted by Gasteiger charge is -2.17. The highest BCUT2D eigenvalue weighted by Gasteiger charge is 2.14. The van der Waals surface area contributed by atoms with Gasteiger partial charge in [0.25, 0.3) is 5.91 Å². The van der Waals surface area contributed by atoms with E-state index in [9.17, 15) is 13.6 Å². The first-order valence-electron chi connectivity index (χ1n) is 12.3. The van der Waals surface area contributed by atoms with Crippen LogP contribution < -0.4 is 10.1 Å². The van der Waals surface area contributed by atoms with Crippen LogP contribution in [0.25, 0.3) is 17.0 Å². The van der Waals surface area contributed by atoms with Crippen molar-refractivity contribution in [3.05, 3.63) is 132 Å². The Hall–Kier alpha value is -4.78. The van der Waals surface area contributed by atoms with Crippen molar-refractivity contribution < 1.29 is 19.7 Å². The van der Waals surface area contributed by atoms with Gasteiger partial charge in [-0.25, -0.2) is 8.78 Å². The maximum Gasteiger partial charge on any atom is 0.251 e. The second-order valence-electron chi connectivity index (χ2n) is 9.13. The summed E-state index contributed by atoms with van der Waals surface area (Å²) in [5, 5.41) is 2.71. The zero-order valence-electron chi connectivity index (χ0n) is 22.0. The van der Waals surface area contributed by atoms with Gasteiger partial charge in [-0.2, -0.15) is 0 Å². The Morgan fingerprint density at radius 1 is 1.05 bits per heavy atom. The van der Waals surface area contributed by atoms with Crippen LogP contribution in [0.15, 0.2) is 97.7 Å². The van der Waals surface area contributed by atoms with E-state index in [1.807, 2.05) is 55.4 Å². The minimum absolute atomic E-state index is 0. The van der Waals surface area contributed by atoms with E-state index in [1.54, 1.807) is 43.5 Å². The standard InChI is InChI=1S/C32H29F2N3O2.H2/c1-5-7-30(37(3)4)24-12-10-23(11-13-24)29-19-27(14-15-35-29)39-31-9-6-8-28(21(31)2)32(38)36-20-22-16-25(33)18-26(34)17-22;/h5-19H,1,20H2,2-4H3,(H,36,38);1H/b30-7-;. The van der Waals surface area contributed by atoms with E-state index in [-0.39, 0.29) is 13.9 Å². The van der Waals surface area contributed by atoms with Crippen molar-refractivity contribution in [2.75, 3.05) is 14.1 Å². The largest absolute Gasteiger partial charge is 0.457 e. The highest BCUT2D eigenvalue weighted by atomic mass is 19.1. The lowest BCUT2D eigenvalue weighted by Crippen LogP contribution is -2.23. The molecule has 0 aliphatic carbocycles. The summed E-state index contributed by atoms with van der Waals surface area (Å²) in [6.45, 7) is 5.57. The summed E-state index contributed by atoms with van der Waals surface area (Å²) in [5.74, 6) is -0.680. The fraction of sp³-hybridized carbons (Fsp3) is 0.125. The molecule has 0 spiro atoms. The molecule has 5 nitrogen and oxygen atoms in total. The number of hydrogen-bond acceptors (Lipinski definition) is 4. The zero-order chi connectivity index (χ0) is 27.9. The summed E-state index contributed by atoms with van der Waals surface area (Å²) in [4.78, 5) is 19.4. The summed E-state index contributed by atoms with van der Waals surface area (Å²) < 4.78 is 33.1. The fourth-order valence-electron chi connectivity index (χ4n) is 4.15. The first kappa shape index (κ1) is 27.3. The van der Waals surface area contributed by atoms with Crippen LogP contribution in [0, 0.1) is 18.6 Å². The van der Waals surface area contributed by atoms with Crippen molar-refractivity contribution in [2.24, 2.45) is 0 Å². The molecule has 0 bridgehead atoms. The Bertz CT molecular complexity index is 1520. The van der Waals surface area contributed by atoms with Crippen molar-refractivity contribution in [3.63, 3.8) is 0 Å². The third kappa shape index (κ3) is 6.76. The molecule has 0 radical (unpaired) electrons. The van der Waals surface area contributed by atoms with E-state index in [1.165, 1.54) is 12.1 Å². The van der Waals surface area contributed by atoms with Crippen LogP contribution in [0.1, 0.15) is 28.5 Å². The van der Waals surface area contributed by atoms with Crippen molar-refractivity contribution >= 4 is 11.6 Å².